The number of imide groups is 1. The van der Waals surface area contributed by atoms with Gasteiger partial charge in [-0.3, -0.25) is 19.3 Å². The van der Waals surface area contributed by atoms with Crippen molar-refractivity contribution in [1.29, 1.82) is 0 Å². The average Bonchev–Trinajstić information content (AvgIpc) is 3.33. The second kappa shape index (κ2) is 7.15. The third-order valence-corrected chi connectivity index (χ3v) is 6.68. The first-order chi connectivity index (χ1) is 13.0. The zero-order chi connectivity index (χ0) is 19.1. The van der Waals surface area contributed by atoms with Crippen LogP contribution in [0.25, 0.3) is 0 Å². The van der Waals surface area contributed by atoms with Gasteiger partial charge in [0.1, 0.15) is 6.04 Å². The fourth-order valence-electron chi connectivity index (χ4n) is 4.70. The lowest BCUT2D eigenvalue weighted by molar-refractivity contribution is -0.147. The summed E-state index contributed by atoms with van der Waals surface area (Å²) in [7, 11) is 0. The molecule has 142 valence electrons. The van der Waals surface area contributed by atoms with Gasteiger partial charge < -0.3 is 5.32 Å². The Kier molecular flexibility index (Phi) is 4.84. The monoisotopic (exact) mass is 384 g/mol. The molecule has 1 aromatic rings. The third kappa shape index (κ3) is 3.10. The van der Waals surface area contributed by atoms with Gasteiger partial charge in [-0.2, -0.15) is 11.8 Å². The minimum absolute atomic E-state index is 0.155. The van der Waals surface area contributed by atoms with E-state index in [4.69, 9.17) is 0 Å². The summed E-state index contributed by atoms with van der Waals surface area (Å²) in [6, 6.07) is 6.78. The van der Waals surface area contributed by atoms with E-state index in [1.165, 1.54) is 4.90 Å². The van der Waals surface area contributed by atoms with Gasteiger partial charge in [-0.1, -0.05) is 29.8 Å². The second-order valence-electron chi connectivity index (χ2n) is 7.70. The van der Waals surface area contributed by atoms with Crippen LogP contribution in [-0.4, -0.2) is 40.7 Å². The molecule has 5 unspecified atom stereocenters. The Labute approximate surface area is 163 Å². The van der Waals surface area contributed by atoms with Gasteiger partial charge in [-0.05, 0) is 55.7 Å². The summed E-state index contributed by atoms with van der Waals surface area (Å²) >= 11 is 1.61. The van der Waals surface area contributed by atoms with Crippen LogP contribution in [0.1, 0.15) is 18.4 Å². The highest BCUT2D eigenvalue weighted by atomic mass is 32.2. The molecule has 1 aromatic carbocycles. The van der Waals surface area contributed by atoms with E-state index in [0.29, 0.717) is 17.9 Å². The Bertz CT molecular complexity index is 774. The maximum Gasteiger partial charge on any atom is 0.247 e. The van der Waals surface area contributed by atoms with Gasteiger partial charge in [0.15, 0.2) is 0 Å². The Morgan fingerprint density at radius 2 is 1.74 bits per heavy atom. The molecule has 27 heavy (non-hydrogen) atoms. The van der Waals surface area contributed by atoms with Crippen molar-refractivity contribution in [2.75, 3.05) is 17.3 Å². The first-order valence-electron chi connectivity index (χ1n) is 9.43. The Balaban J connectivity index is 1.56. The van der Waals surface area contributed by atoms with Crippen molar-refractivity contribution in [2.45, 2.75) is 25.8 Å². The topological polar surface area (TPSA) is 66.5 Å². The van der Waals surface area contributed by atoms with Crippen molar-refractivity contribution in [1.82, 2.24) is 4.90 Å². The number of hydrogen-bond donors (Lipinski definition) is 1. The van der Waals surface area contributed by atoms with Crippen molar-refractivity contribution >= 4 is 35.2 Å². The molecule has 6 heteroatoms. The number of nitrogens with one attached hydrogen (secondary N) is 1. The summed E-state index contributed by atoms with van der Waals surface area (Å²) in [4.78, 5) is 40.4. The van der Waals surface area contributed by atoms with E-state index >= 15 is 0 Å². The number of thioether (sulfide) groups is 1. The van der Waals surface area contributed by atoms with Gasteiger partial charge >= 0.3 is 0 Å². The molecular formula is C21H24N2O3S. The maximum absolute atomic E-state index is 13.1. The average molecular weight is 385 g/mol. The molecule has 5 nitrogen and oxygen atoms in total. The van der Waals surface area contributed by atoms with Crippen LogP contribution in [-0.2, 0) is 14.4 Å². The number of carbonyl (C=O) groups excluding carboxylic acids is 3. The van der Waals surface area contributed by atoms with Gasteiger partial charge in [-0.15, -0.1) is 0 Å². The SMILES string of the molecule is CSCCC(C(=O)Nc1ccc(C)cc1)N1C(=O)C2C3C=CC(C3)C2C1=O. The van der Waals surface area contributed by atoms with E-state index in [0.717, 1.165) is 12.0 Å². The number of rotatable bonds is 6. The highest BCUT2D eigenvalue weighted by Gasteiger charge is 2.60. The summed E-state index contributed by atoms with van der Waals surface area (Å²) in [5.41, 5.74) is 1.79. The Hall–Kier alpha value is -2.08. The van der Waals surface area contributed by atoms with Crippen LogP contribution in [0.5, 0.6) is 0 Å². The molecule has 1 N–H and O–H groups in total. The van der Waals surface area contributed by atoms with Crippen LogP contribution in [0.3, 0.4) is 0 Å². The smallest absolute Gasteiger partial charge is 0.247 e. The van der Waals surface area contributed by atoms with Gasteiger partial charge in [0.05, 0.1) is 11.8 Å². The molecular weight excluding hydrogens is 360 g/mol. The number of benzene rings is 1. The van der Waals surface area contributed by atoms with Crippen molar-refractivity contribution < 1.29 is 14.4 Å². The van der Waals surface area contributed by atoms with Crippen LogP contribution in [0.15, 0.2) is 36.4 Å². The number of aryl methyl sites for hydroxylation is 1. The number of nitrogens with zero attached hydrogens (tertiary/aromatic N) is 1. The first kappa shape index (κ1) is 18.3. The van der Waals surface area contributed by atoms with Crippen LogP contribution in [0.4, 0.5) is 5.69 Å². The van der Waals surface area contributed by atoms with Gasteiger partial charge in [-0.25, -0.2) is 0 Å². The third-order valence-electron chi connectivity index (χ3n) is 6.03. The molecule has 1 saturated carbocycles. The molecule has 2 aliphatic carbocycles. The quantitative estimate of drug-likeness (QED) is 0.605. The molecule has 3 aliphatic rings. The summed E-state index contributed by atoms with van der Waals surface area (Å²) in [6.45, 7) is 1.98. The predicted molar refractivity (Wildman–Crippen MR) is 106 cm³/mol. The maximum atomic E-state index is 13.1. The molecule has 1 heterocycles. The van der Waals surface area contributed by atoms with Crippen molar-refractivity contribution in [3.8, 4) is 0 Å². The number of hydrogen-bond acceptors (Lipinski definition) is 4. The van der Waals surface area contributed by atoms with E-state index < -0.39 is 6.04 Å². The lowest BCUT2D eigenvalue weighted by Crippen LogP contribution is -2.48. The van der Waals surface area contributed by atoms with Crippen LogP contribution >= 0.6 is 11.8 Å². The van der Waals surface area contributed by atoms with E-state index in [-0.39, 0.29) is 41.4 Å². The first-order valence-corrected chi connectivity index (χ1v) is 10.8. The lowest BCUT2D eigenvalue weighted by Gasteiger charge is -2.27. The predicted octanol–water partition coefficient (Wildman–Crippen LogP) is 2.86. The number of likely N-dealkylation sites (tertiary alicyclic amines) is 1. The summed E-state index contributed by atoms with van der Waals surface area (Å²) in [6.07, 6.45) is 7.47. The summed E-state index contributed by atoms with van der Waals surface area (Å²) in [5, 5.41) is 2.89. The standard InChI is InChI=1S/C21H24N2O3S/c1-12-3-7-15(8-4-12)22-19(24)16(9-10-27-2)23-20(25)17-13-5-6-14(11-13)18(17)21(23)26/h3-8,13-14,16-18H,9-11H2,1-2H3,(H,22,24). The van der Waals surface area contributed by atoms with Crippen molar-refractivity contribution in [2.24, 2.45) is 23.7 Å². The van der Waals surface area contributed by atoms with Crippen molar-refractivity contribution in [3.05, 3.63) is 42.0 Å². The van der Waals surface area contributed by atoms with E-state index in [1.807, 2.05) is 37.4 Å². The molecule has 0 radical (unpaired) electrons. The summed E-state index contributed by atoms with van der Waals surface area (Å²) in [5.74, 6) is -0.115. The number of allylic oxidation sites excluding steroid dienone is 2. The summed E-state index contributed by atoms with van der Waals surface area (Å²) < 4.78 is 0. The molecule has 2 fully saturated rings. The molecule has 1 saturated heterocycles. The largest absolute Gasteiger partial charge is 0.324 e. The molecule has 4 rings (SSSR count). The number of fused-ring (bicyclic) bond motifs is 5. The van der Waals surface area contributed by atoms with E-state index in [9.17, 15) is 14.4 Å². The van der Waals surface area contributed by atoms with Crippen LogP contribution in [0, 0.1) is 30.6 Å². The van der Waals surface area contributed by atoms with Crippen molar-refractivity contribution in [3.63, 3.8) is 0 Å². The molecule has 0 aromatic heterocycles. The lowest BCUT2D eigenvalue weighted by atomic mass is 9.85. The fraction of sp³-hybridized carbons (Fsp3) is 0.476. The number of carbonyl (C=O) groups is 3. The van der Waals surface area contributed by atoms with Gasteiger partial charge in [0, 0.05) is 5.69 Å². The van der Waals surface area contributed by atoms with E-state index in [1.54, 1.807) is 11.8 Å². The number of anilines is 1. The number of amides is 3. The molecule has 5 atom stereocenters. The molecule has 2 bridgehead atoms. The zero-order valence-corrected chi connectivity index (χ0v) is 16.4. The fourth-order valence-corrected chi connectivity index (χ4v) is 5.16. The molecule has 0 spiro atoms. The minimum Gasteiger partial charge on any atom is -0.324 e. The highest BCUT2D eigenvalue weighted by molar-refractivity contribution is 7.98. The van der Waals surface area contributed by atoms with Crippen LogP contribution < -0.4 is 5.32 Å². The van der Waals surface area contributed by atoms with Crippen LogP contribution in [0.2, 0.25) is 0 Å². The van der Waals surface area contributed by atoms with Gasteiger partial charge in [0.25, 0.3) is 0 Å². The zero-order valence-electron chi connectivity index (χ0n) is 15.6. The Morgan fingerprint density at radius 3 is 2.30 bits per heavy atom. The second-order valence-corrected chi connectivity index (χ2v) is 8.68. The molecule has 1 aliphatic heterocycles. The Morgan fingerprint density at radius 1 is 1.15 bits per heavy atom. The molecule has 3 amide bonds. The van der Waals surface area contributed by atoms with E-state index in [2.05, 4.69) is 17.5 Å². The highest BCUT2D eigenvalue weighted by Crippen LogP contribution is 2.53. The van der Waals surface area contributed by atoms with Gasteiger partial charge in [0.2, 0.25) is 17.7 Å². The normalized spacial score (nSPS) is 29.3. The minimum atomic E-state index is -0.747.